The number of hydrogen-bond donors (Lipinski definition) is 2. The van der Waals surface area contributed by atoms with Gasteiger partial charge in [-0.25, -0.2) is 0 Å². The Morgan fingerprint density at radius 2 is 2.24 bits per heavy atom. The van der Waals surface area contributed by atoms with Gasteiger partial charge in [0.25, 0.3) is 0 Å². The number of fused-ring (bicyclic) bond motifs is 1. The lowest BCUT2D eigenvalue weighted by Gasteiger charge is -2.15. The van der Waals surface area contributed by atoms with E-state index in [-0.39, 0.29) is 12.5 Å². The summed E-state index contributed by atoms with van der Waals surface area (Å²) in [5, 5.41) is 0. The Kier molecular flexibility index (Phi) is 2.72. The zero-order valence-electron chi connectivity index (χ0n) is 9.34. The van der Waals surface area contributed by atoms with E-state index in [1.54, 1.807) is 18.2 Å². The van der Waals surface area contributed by atoms with Gasteiger partial charge in [0, 0.05) is 11.3 Å². The van der Waals surface area contributed by atoms with E-state index < -0.39 is 11.9 Å². The number of methoxy groups -OCH3 is 1. The second-order valence-corrected chi connectivity index (χ2v) is 3.79. The topological polar surface area (TPSA) is 98.7 Å². The van der Waals surface area contributed by atoms with Gasteiger partial charge in [0.2, 0.25) is 11.8 Å². The van der Waals surface area contributed by atoms with Crippen molar-refractivity contribution in [3.8, 4) is 5.75 Å². The molecule has 1 aliphatic rings. The molecule has 0 saturated heterocycles. The minimum Gasteiger partial charge on any atom is -0.497 e. The third kappa shape index (κ3) is 1.83. The van der Waals surface area contributed by atoms with Crippen LogP contribution in [0.15, 0.2) is 18.2 Å². The lowest BCUT2D eigenvalue weighted by atomic mass is 10.1. The monoisotopic (exact) mass is 235 g/mol. The first-order valence-electron chi connectivity index (χ1n) is 5.08. The average molecular weight is 235 g/mol. The number of hydrogen-bond acceptors (Lipinski definition) is 4. The van der Waals surface area contributed by atoms with Crippen LogP contribution < -0.4 is 21.1 Å². The van der Waals surface area contributed by atoms with Crippen molar-refractivity contribution < 1.29 is 14.3 Å². The van der Waals surface area contributed by atoms with E-state index in [0.29, 0.717) is 17.0 Å². The van der Waals surface area contributed by atoms with Crippen LogP contribution in [0.1, 0.15) is 11.6 Å². The lowest BCUT2D eigenvalue weighted by Crippen LogP contribution is -2.38. The molecule has 0 aromatic heterocycles. The second-order valence-electron chi connectivity index (χ2n) is 3.79. The van der Waals surface area contributed by atoms with E-state index in [4.69, 9.17) is 16.2 Å². The van der Waals surface area contributed by atoms with E-state index >= 15 is 0 Å². The van der Waals surface area contributed by atoms with Gasteiger partial charge in [0.15, 0.2) is 0 Å². The molecule has 1 atom stereocenters. The fourth-order valence-corrected chi connectivity index (χ4v) is 1.89. The van der Waals surface area contributed by atoms with Crippen LogP contribution in [0.25, 0.3) is 0 Å². The SMILES string of the molecule is COc1ccc2c(c1)C(N)C(=O)N2CC(N)=O. The fourth-order valence-electron chi connectivity index (χ4n) is 1.89. The highest BCUT2D eigenvalue weighted by Crippen LogP contribution is 2.36. The van der Waals surface area contributed by atoms with Crippen molar-refractivity contribution in [2.45, 2.75) is 6.04 Å². The van der Waals surface area contributed by atoms with Gasteiger partial charge in [-0.15, -0.1) is 0 Å². The smallest absolute Gasteiger partial charge is 0.249 e. The molecule has 6 nitrogen and oxygen atoms in total. The summed E-state index contributed by atoms with van der Waals surface area (Å²) in [5.74, 6) is -0.283. The summed E-state index contributed by atoms with van der Waals surface area (Å²) >= 11 is 0. The predicted octanol–water partition coefficient (Wildman–Crippen LogP) is -0.473. The summed E-state index contributed by atoms with van der Waals surface area (Å²) in [6.07, 6.45) is 0. The first-order chi connectivity index (χ1) is 8.04. The normalized spacial score (nSPS) is 18.1. The van der Waals surface area contributed by atoms with Gasteiger partial charge >= 0.3 is 0 Å². The fraction of sp³-hybridized carbons (Fsp3) is 0.273. The highest BCUT2D eigenvalue weighted by molar-refractivity contribution is 6.07. The van der Waals surface area contributed by atoms with Gasteiger partial charge in [0.05, 0.1) is 7.11 Å². The van der Waals surface area contributed by atoms with Gasteiger partial charge in [0.1, 0.15) is 18.3 Å². The van der Waals surface area contributed by atoms with E-state index in [0.717, 1.165) is 0 Å². The van der Waals surface area contributed by atoms with E-state index in [9.17, 15) is 9.59 Å². The summed E-state index contributed by atoms with van der Waals surface area (Å²) in [5.41, 5.74) is 12.1. The molecule has 17 heavy (non-hydrogen) atoms. The molecule has 1 aromatic rings. The first kappa shape index (κ1) is 11.4. The molecular weight excluding hydrogens is 222 g/mol. The quantitative estimate of drug-likeness (QED) is 0.739. The molecule has 0 aliphatic carbocycles. The number of anilines is 1. The van der Waals surface area contributed by atoms with Crippen molar-refractivity contribution in [3.63, 3.8) is 0 Å². The maximum atomic E-state index is 11.8. The first-order valence-corrected chi connectivity index (χ1v) is 5.08. The van der Waals surface area contributed by atoms with Crippen molar-refractivity contribution in [1.82, 2.24) is 0 Å². The van der Waals surface area contributed by atoms with Gasteiger partial charge in [-0.1, -0.05) is 0 Å². The molecule has 0 saturated carbocycles. The van der Waals surface area contributed by atoms with Crippen LogP contribution in [0.5, 0.6) is 5.75 Å². The van der Waals surface area contributed by atoms with Crippen molar-refractivity contribution in [1.29, 1.82) is 0 Å². The standard InChI is InChI=1S/C11H13N3O3/c1-17-6-2-3-8-7(4-6)10(13)11(16)14(8)5-9(12)15/h2-4,10H,5,13H2,1H3,(H2,12,15). The maximum Gasteiger partial charge on any atom is 0.249 e. The molecule has 0 radical (unpaired) electrons. The van der Waals surface area contributed by atoms with Gasteiger partial charge in [-0.2, -0.15) is 0 Å². The van der Waals surface area contributed by atoms with Crippen LogP contribution >= 0.6 is 0 Å². The highest BCUT2D eigenvalue weighted by Gasteiger charge is 2.35. The summed E-state index contributed by atoms with van der Waals surface area (Å²) < 4.78 is 5.06. The Balaban J connectivity index is 2.43. The van der Waals surface area contributed by atoms with E-state index in [2.05, 4.69) is 0 Å². The molecule has 0 spiro atoms. The number of amides is 2. The molecule has 1 unspecified atom stereocenters. The molecule has 1 aliphatic heterocycles. The number of nitrogens with zero attached hydrogens (tertiary/aromatic N) is 1. The number of carbonyl (C=O) groups excluding carboxylic acids is 2. The molecule has 0 fully saturated rings. The summed E-state index contributed by atoms with van der Waals surface area (Å²) in [7, 11) is 1.53. The third-order valence-corrected chi connectivity index (χ3v) is 2.71. The number of rotatable bonds is 3. The zero-order chi connectivity index (χ0) is 12.6. The molecule has 1 aromatic carbocycles. The molecule has 0 bridgehead atoms. The van der Waals surface area contributed by atoms with Crippen LogP contribution in [-0.4, -0.2) is 25.5 Å². The molecular formula is C11H13N3O3. The lowest BCUT2D eigenvalue weighted by molar-refractivity contribution is -0.122. The van der Waals surface area contributed by atoms with Gasteiger partial charge in [-0.05, 0) is 18.2 Å². The summed E-state index contributed by atoms with van der Waals surface area (Å²) in [4.78, 5) is 24.0. The van der Waals surface area contributed by atoms with Crippen LogP contribution in [0.3, 0.4) is 0 Å². The van der Waals surface area contributed by atoms with E-state index in [1.807, 2.05) is 0 Å². The van der Waals surface area contributed by atoms with Gasteiger partial charge < -0.3 is 21.1 Å². The Hall–Kier alpha value is -2.08. The number of primary amides is 1. The average Bonchev–Trinajstić information content (AvgIpc) is 2.54. The Morgan fingerprint density at radius 3 is 2.82 bits per heavy atom. The summed E-state index contributed by atoms with van der Waals surface area (Å²) in [6, 6.07) is 4.33. The Morgan fingerprint density at radius 1 is 1.53 bits per heavy atom. The number of benzene rings is 1. The van der Waals surface area contributed by atoms with Crippen LogP contribution in [0, 0.1) is 0 Å². The zero-order valence-corrected chi connectivity index (χ0v) is 9.34. The maximum absolute atomic E-state index is 11.8. The van der Waals surface area contributed by atoms with Crippen molar-refractivity contribution in [2.75, 3.05) is 18.6 Å². The van der Waals surface area contributed by atoms with Gasteiger partial charge in [-0.3, -0.25) is 9.59 Å². The van der Waals surface area contributed by atoms with E-state index in [1.165, 1.54) is 12.0 Å². The second kappa shape index (κ2) is 4.06. The Bertz CT molecular complexity index is 487. The van der Waals surface area contributed by atoms with Crippen molar-refractivity contribution in [3.05, 3.63) is 23.8 Å². The van der Waals surface area contributed by atoms with Crippen LogP contribution in [0.2, 0.25) is 0 Å². The minimum absolute atomic E-state index is 0.161. The molecule has 1 heterocycles. The van der Waals surface area contributed by atoms with Crippen molar-refractivity contribution in [2.24, 2.45) is 11.5 Å². The minimum atomic E-state index is -0.764. The largest absolute Gasteiger partial charge is 0.497 e. The molecule has 4 N–H and O–H groups in total. The summed E-state index contributed by atoms with van der Waals surface area (Å²) in [6.45, 7) is -0.161. The molecule has 6 heteroatoms. The predicted molar refractivity (Wildman–Crippen MR) is 61.5 cm³/mol. The van der Waals surface area contributed by atoms with Crippen molar-refractivity contribution >= 4 is 17.5 Å². The molecule has 2 rings (SSSR count). The Labute approximate surface area is 98.1 Å². The van der Waals surface area contributed by atoms with Crippen LogP contribution in [-0.2, 0) is 9.59 Å². The molecule has 2 amide bonds. The number of carbonyl (C=O) groups is 2. The number of nitrogens with two attached hydrogens (primary N) is 2. The number of ether oxygens (including phenoxy) is 1. The third-order valence-electron chi connectivity index (χ3n) is 2.71. The van der Waals surface area contributed by atoms with Crippen LogP contribution in [0.4, 0.5) is 5.69 Å². The molecule has 90 valence electrons. The highest BCUT2D eigenvalue weighted by atomic mass is 16.5.